The van der Waals surface area contributed by atoms with Crippen LogP contribution in [0.3, 0.4) is 0 Å². The number of benzene rings is 2. The van der Waals surface area contributed by atoms with Gasteiger partial charge in [0, 0.05) is 42.7 Å². The first-order valence-electron chi connectivity index (χ1n) is 10.8. The number of methoxy groups -OCH3 is 1. The molecule has 32 heavy (non-hydrogen) atoms. The third kappa shape index (κ3) is 4.36. The number of piperazine rings is 1. The van der Waals surface area contributed by atoms with Crippen LogP contribution in [-0.4, -0.2) is 59.1 Å². The highest BCUT2D eigenvalue weighted by molar-refractivity contribution is 6.31. The third-order valence-corrected chi connectivity index (χ3v) is 6.62. The molecule has 5 rings (SSSR count). The van der Waals surface area contributed by atoms with Gasteiger partial charge in [0.2, 0.25) is 17.6 Å². The summed E-state index contributed by atoms with van der Waals surface area (Å²) in [7, 11) is 1.64. The highest BCUT2D eigenvalue weighted by Crippen LogP contribution is 2.50. The predicted molar refractivity (Wildman–Crippen MR) is 120 cm³/mol. The van der Waals surface area contributed by atoms with Gasteiger partial charge in [-0.15, -0.1) is 0 Å². The molecule has 2 heterocycles. The van der Waals surface area contributed by atoms with Crippen LogP contribution in [0.2, 0.25) is 5.02 Å². The average molecular weight is 453 g/mol. The van der Waals surface area contributed by atoms with Gasteiger partial charge < -0.3 is 14.2 Å². The fourth-order valence-corrected chi connectivity index (χ4v) is 4.59. The van der Waals surface area contributed by atoms with E-state index in [0.29, 0.717) is 31.3 Å². The second kappa shape index (κ2) is 8.92. The predicted octanol–water partition coefficient (Wildman–Crippen LogP) is 3.85. The summed E-state index contributed by atoms with van der Waals surface area (Å²) in [5, 5.41) is 4.85. The van der Waals surface area contributed by atoms with Crippen molar-refractivity contribution in [3.63, 3.8) is 0 Å². The molecule has 2 atom stereocenters. The van der Waals surface area contributed by atoms with Crippen LogP contribution in [0.1, 0.15) is 23.8 Å². The van der Waals surface area contributed by atoms with Crippen molar-refractivity contribution in [3.05, 3.63) is 65.0 Å². The Balaban J connectivity index is 1.13. The quantitative estimate of drug-likeness (QED) is 0.565. The van der Waals surface area contributed by atoms with Gasteiger partial charge in [0.25, 0.3) is 0 Å². The minimum atomic E-state index is 0.0597. The number of carbonyl (C=O) groups excluding carboxylic acids is 1. The lowest BCUT2D eigenvalue weighted by Gasteiger charge is -2.34. The molecule has 0 bridgehead atoms. The first-order valence-corrected chi connectivity index (χ1v) is 11.2. The summed E-state index contributed by atoms with van der Waals surface area (Å²) in [4.78, 5) is 21.7. The number of hydrogen-bond acceptors (Lipinski definition) is 6. The Morgan fingerprint density at radius 3 is 2.59 bits per heavy atom. The Kier molecular flexibility index (Phi) is 5.85. The van der Waals surface area contributed by atoms with E-state index in [1.165, 1.54) is 0 Å². The number of halogens is 1. The van der Waals surface area contributed by atoms with E-state index >= 15 is 0 Å². The van der Waals surface area contributed by atoms with E-state index in [-0.39, 0.29) is 17.7 Å². The van der Waals surface area contributed by atoms with Crippen LogP contribution in [-0.2, 0) is 11.3 Å². The Morgan fingerprint density at radius 2 is 1.88 bits per heavy atom. The van der Waals surface area contributed by atoms with Gasteiger partial charge >= 0.3 is 0 Å². The Hall–Kier alpha value is -2.90. The van der Waals surface area contributed by atoms with E-state index in [0.717, 1.165) is 41.4 Å². The summed E-state index contributed by atoms with van der Waals surface area (Å²) in [5.74, 6) is 2.49. The van der Waals surface area contributed by atoms with Crippen molar-refractivity contribution < 1.29 is 14.1 Å². The molecule has 0 spiro atoms. The summed E-state index contributed by atoms with van der Waals surface area (Å²) in [6.45, 7) is 3.58. The molecule has 1 aliphatic carbocycles. The van der Waals surface area contributed by atoms with E-state index in [9.17, 15) is 4.79 Å². The molecule has 2 aromatic carbocycles. The molecular formula is C24H25ClN4O3. The molecule has 0 N–H and O–H groups in total. The number of amides is 1. The smallest absolute Gasteiger partial charge is 0.241 e. The standard InChI is InChI=1S/C24H25ClN4O3/c1-31-17-8-6-16(7-9-17)23-26-22(32-27-23)15-28-10-12-29(13-11-28)24(30)20-14-19(20)18-4-2-3-5-21(18)25/h2-9,19-20H,10-15H2,1H3. The fraction of sp³-hybridized carbons (Fsp3) is 0.375. The molecule has 2 aliphatic rings. The van der Waals surface area contributed by atoms with Crippen molar-refractivity contribution in [2.24, 2.45) is 5.92 Å². The minimum absolute atomic E-state index is 0.0597. The molecule has 3 aromatic rings. The van der Waals surface area contributed by atoms with Gasteiger partial charge in [0.05, 0.1) is 13.7 Å². The summed E-state index contributed by atoms with van der Waals surface area (Å²) in [6.07, 6.45) is 0.888. The van der Waals surface area contributed by atoms with Gasteiger partial charge in [0.15, 0.2) is 0 Å². The molecule has 1 saturated carbocycles. The van der Waals surface area contributed by atoms with Crippen molar-refractivity contribution >= 4 is 17.5 Å². The van der Waals surface area contributed by atoms with Crippen molar-refractivity contribution in [3.8, 4) is 17.1 Å². The summed E-state index contributed by atoms with van der Waals surface area (Å²) < 4.78 is 10.6. The summed E-state index contributed by atoms with van der Waals surface area (Å²) in [5.41, 5.74) is 1.98. The fourth-order valence-electron chi connectivity index (χ4n) is 4.32. The van der Waals surface area contributed by atoms with Crippen LogP contribution >= 0.6 is 11.6 Å². The second-order valence-corrected chi connectivity index (χ2v) is 8.72. The third-order valence-electron chi connectivity index (χ3n) is 6.27. The average Bonchev–Trinajstić information content (AvgIpc) is 3.49. The van der Waals surface area contributed by atoms with Crippen LogP contribution in [0.5, 0.6) is 5.75 Å². The Labute approximate surface area is 191 Å². The first kappa shape index (κ1) is 21.0. The molecule has 1 aliphatic heterocycles. The van der Waals surface area contributed by atoms with Gasteiger partial charge in [0.1, 0.15) is 5.75 Å². The van der Waals surface area contributed by atoms with Crippen LogP contribution < -0.4 is 4.74 Å². The van der Waals surface area contributed by atoms with Gasteiger partial charge in [-0.1, -0.05) is 35.0 Å². The van der Waals surface area contributed by atoms with Gasteiger partial charge in [-0.05, 0) is 48.2 Å². The maximum absolute atomic E-state index is 12.9. The number of carbonyl (C=O) groups is 1. The van der Waals surface area contributed by atoms with E-state index in [4.69, 9.17) is 20.9 Å². The normalized spacial score (nSPS) is 20.9. The molecule has 1 aromatic heterocycles. The zero-order valence-electron chi connectivity index (χ0n) is 17.9. The van der Waals surface area contributed by atoms with Crippen LogP contribution in [0.15, 0.2) is 53.1 Å². The van der Waals surface area contributed by atoms with Crippen molar-refractivity contribution in [1.82, 2.24) is 19.9 Å². The molecule has 0 radical (unpaired) electrons. The Morgan fingerprint density at radius 1 is 1.12 bits per heavy atom. The highest BCUT2D eigenvalue weighted by atomic mass is 35.5. The van der Waals surface area contributed by atoms with Crippen LogP contribution in [0.4, 0.5) is 0 Å². The van der Waals surface area contributed by atoms with Gasteiger partial charge in [-0.25, -0.2) is 0 Å². The summed E-state index contributed by atoms with van der Waals surface area (Å²) >= 11 is 6.31. The molecule has 1 amide bonds. The minimum Gasteiger partial charge on any atom is -0.497 e. The van der Waals surface area contributed by atoms with E-state index in [1.54, 1.807) is 7.11 Å². The molecule has 1 saturated heterocycles. The van der Waals surface area contributed by atoms with Crippen molar-refractivity contribution in [2.75, 3.05) is 33.3 Å². The zero-order chi connectivity index (χ0) is 22.1. The van der Waals surface area contributed by atoms with Crippen molar-refractivity contribution in [2.45, 2.75) is 18.9 Å². The maximum atomic E-state index is 12.9. The molecule has 8 heteroatoms. The topological polar surface area (TPSA) is 71.7 Å². The SMILES string of the molecule is COc1ccc(-c2noc(CN3CCN(C(=O)C4CC4c4ccccc4Cl)CC3)n2)cc1. The Bertz CT molecular complexity index is 1090. The molecular weight excluding hydrogens is 428 g/mol. The molecule has 2 unspecified atom stereocenters. The first-order chi connectivity index (χ1) is 15.6. The second-order valence-electron chi connectivity index (χ2n) is 8.31. The lowest BCUT2D eigenvalue weighted by molar-refractivity contribution is -0.134. The number of hydrogen-bond donors (Lipinski definition) is 0. The summed E-state index contributed by atoms with van der Waals surface area (Å²) in [6, 6.07) is 15.4. The van der Waals surface area contributed by atoms with E-state index < -0.39 is 0 Å². The lowest BCUT2D eigenvalue weighted by Crippen LogP contribution is -2.48. The van der Waals surface area contributed by atoms with E-state index in [2.05, 4.69) is 15.0 Å². The van der Waals surface area contributed by atoms with Gasteiger partial charge in [-0.3, -0.25) is 9.69 Å². The number of nitrogens with zero attached hydrogens (tertiary/aromatic N) is 4. The van der Waals surface area contributed by atoms with Gasteiger partial charge in [-0.2, -0.15) is 4.98 Å². The molecule has 166 valence electrons. The highest BCUT2D eigenvalue weighted by Gasteiger charge is 2.46. The molecule has 7 nitrogen and oxygen atoms in total. The number of rotatable bonds is 6. The zero-order valence-corrected chi connectivity index (χ0v) is 18.7. The lowest BCUT2D eigenvalue weighted by atomic mass is 10.1. The van der Waals surface area contributed by atoms with Crippen LogP contribution in [0, 0.1) is 5.92 Å². The van der Waals surface area contributed by atoms with Crippen LogP contribution in [0.25, 0.3) is 11.4 Å². The molecule has 2 fully saturated rings. The maximum Gasteiger partial charge on any atom is 0.241 e. The number of ether oxygens (including phenoxy) is 1. The van der Waals surface area contributed by atoms with Crippen molar-refractivity contribution in [1.29, 1.82) is 0 Å². The van der Waals surface area contributed by atoms with E-state index in [1.807, 2.05) is 53.4 Å². The monoisotopic (exact) mass is 452 g/mol. The largest absolute Gasteiger partial charge is 0.497 e. The number of aromatic nitrogens is 2.